The number of anilines is 1. The van der Waals surface area contributed by atoms with Crippen molar-refractivity contribution in [2.24, 2.45) is 0 Å². The van der Waals surface area contributed by atoms with Gasteiger partial charge in [-0.2, -0.15) is 0 Å². The van der Waals surface area contributed by atoms with Gasteiger partial charge in [0, 0.05) is 24.0 Å². The van der Waals surface area contributed by atoms with Crippen LogP contribution in [-0.2, 0) is 0 Å². The van der Waals surface area contributed by atoms with E-state index in [1.807, 2.05) is 0 Å². The van der Waals surface area contributed by atoms with Crippen LogP contribution in [0.15, 0.2) is 46.1 Å². The van der Waals surface area contributed by atoms with Gasteiger partial charge in [-0.1, -0.05) is 6.07 Å². The first-order chi connectivity index (χ1) is 12.6. The van der Waals surface area contributed by atoms with Crippen molar-refractivity contribution in [3.8, 4) is 5.75 Å². The molecule has 1 fully saturated rings. The highest BCUT2D eigenvalue weighted by molar-refractivity contribution is 6.05. The molecule has 1 aliphatic rings. The van der Waals surface area contributed by atoms with E-state index in [9.17, 15) is 14.4 Å². The maximum atomic E-state index is 12.5. The zero-order valence-electron chi connectivity index (χ0n) is 14.0. The number of H-pyrrole nitrogens is 1. The van der Waals surface area contributed by atoms with Gasteiger partial charge in [0.15, 0.2) is 0 Å². The SMILES string of the molecule is COc1cccc(NC(=O)c2cnc3c(c2)c(=O)[nH]c(=O)n3C2CC2)c1. The molecule has 0 aliphatic heterocycles. The molecule has 26 heavy (non-hydrogen) atoms. The molecule has 2 N–H and O–H groups in total. The molecule has 0 saturated heterocycles. The van der Waals surface area contributed by atoms with E-state index in [1.54, 1.807) is 31.4 Å². The number of methoxy groups -OCH3 is 1. The maximum Gasteiger partial charge on any atom is 0.330 e. The number of benzene rings is 1. The number of hydrogen-bond acceptors (Lipinski definition) is 5. The van der Waals surface area contributed by atoms with Crippen molar-refractivity contribution in [3.05, 3.63) is 62.9 Å². The topological polar surface area (TPSA) is 106 Å². The number of amides is 1. The normalized spacial score (nSPS) is 13.6. The van der Waals surface area contributed by atoms with Gasteiger partial charge in [0.1, 0.15) is 11.4 Å². The van der Waals surface area contributed by atoms with Crippen LogP contribution in [0, 0.1) is 0 Å². The Balaban J connectivity index is 1.72. The van der Waals surface area contributed by atoms with Crippen molar-refractivity contribution < 1.29 is 9.53 Å². The second-order valence-corrected chi connectivity index (χ2v) is 6.14. The number of carbonyl (C=O) groups excluding carboxylic acids is 1. The standard InChI is InChI=1S/C18H16N4O4/c1-26-13-4-2-3-11(8-13)20-16(23)10-7-14-15(19-9-10)22(12-5-6-12)18(25)21-17(14)24/h2-4,7-9,12H,5-6H2,1H3,(H,20,23)(H,21,24,25). The Kier molecular flexibility index (Phi) is 3.80. The summed E-state index contributed by atoms with van der Waals surface area (Å²) < 4.78 is 6.61. The summed E-state index contributed by atoms with van der Waals surface area (Å²) in [5, 5.41) is 2.96. The summed E-state index contributed by atoms with van der Waals surface area (Å²) >= 11 is 0. The highest BCUT2D eigenvalue weighted by atomic mass is 16.5. The van der Waals surface area contributed by atoms with Crippen molar-refractivity contribution in [3.63, 3.8) is 0 Å². The van der Waals surface area contributed by atoms with Crippen LogP contribution in [0.25, 0.3) is 11.0 Å². The van der Waals surface area contributed by atoms with Crippen molar-refractivity contribution >= 4 is 22.6 Å². The Labute approximate surface area is 147 Å². The Bertz CT molecular complexity index is 1130. The minimum Gasteiger partial charge on any atom is -0.497 e. The average molecular weight is 352 g/mol. The van der Waals surface area contributed by atoms with Crippen molar-refractivity contribution in [2.45, 2.75) is 18.9 Å². The number of aromatic nitrogens is 3. The minimum atomic E-state index is -0.551. The molecule has 0 radical (unpaired) electrons. The molecule has 1 aliphatic carbocycles. The molecule has 0 spiro atoms. The maximum absolute atomic E-state index is 12.5. The van der Waals surface area contributed by atoms with Gasteiger partial charge in [0.25, 0.3) is 11.5 Å². The Morgan fingerprint density at radius 1 is 1.31 bits per heavy atom. The molecule has 0 unspecified atom stereocenters. The number of aromatic amines is 1. The summed E-state index contributed by atoms with van der Waals surface area (Å²) in [5.74, 6) is 0.209. The first kappa shape index (κ1) is 16.1. The van der Waals surface area contributed by atoms with E-state index in [-0.39, 0.29) is 17.0 Å². The van der Waals surface area contributed by atoms with Crippen LogP contribution in [0.3, 0.4) is 0 Å². The summed E-state index contributed by atoms with van der Waals surface area (Å²) in [6.07, 6.45) is 3.12. The van der Waals surface area contributed by atoms with Gasteiger partial charge in [-0.25, -0.2) is 9.78 Å². The van der Waals surface area contributed by atoms with Crippen molar-refractivity contribution in [2.75, 3.05) is 12.4 Å². The summed E-state index contributed by atoms with van der Waals surface area (Å²) in [6, 6.07) is 8.45. The fourth-order valence-electron chi connectivity index (χ4n) is 2.84. The molecule has 2 heterocycles. The van der Waals surface area contributed by atoms with E-state index >= 15 is 0 Å². The number of rotatable bonds is 4. The zero-order valence-corrected chi connectivity index (χ0v) is 14.0. The van der Waals surface area contributed by atoms with Crippen LogP contribution < -0.4 is 21.3 Å². The molecule has 1 saturated carbocycles. The highest BCUT2D eigenvalue weighted by Gasteiger charge is 2.27. The molecule has 0 bridgehead atoms. The lowest BCUT2D eigenvalue weighted by molar-refractivity contribution is 0.102. The van der Waals surface area contributed by atoms with Gasteiger partial charge in [-0.15, -0.1) is 0 Å². The Morgan fingerprint density at radius 2 is 2.12 bits per heavy atom. The quantitative estimate of drug-likeness (QED) is 0.743. The summed E-state index contributed by atoms with van der Waals surface area (Å²) in [4.78, 5) is 43.2. The number of ether oxygens (including phenoxy) is 1. The third kappa shape index (κ3) is 2.85. The monoisotopic (exact) mass is 352 g/mol. The minimum absolute atomic E-state index is 0.0609. The fraction of sp³-hybridized carbons (Fsp3) is 0.222. The third-order valence-electron chi connectivity index (χ3n) is 4.28. The Hall–Kier alpha value is -3.42. The second-order valence-electron chi connectivity index (χ2n) is 6.14. The van der Waals surface area contributed by atoms with E-state index in [1.165, 1.54) is 16.8 Å². The fourth-order valence-corrected chi connectivity index (χ4v) is 2.84. The lowest BCUT2D eigenvalue weighted by atomic mass is 10.2. The first-order valence-corrected chi connectivity index (χ1v) is 8.17. The van der Waals surface area contributed by atoms with Crippen LogP contribution in [0.4, 0.5) is 5.69 Å². The van der Waals surface area contributed by atoms with E-state index in [2.05, 4.69) is 15.3 Å². The Morgan fingerprint density at radius 3 is 2.85 bits per heavy atom. The van der Waals surface area contributed by atoms with E-state index < -0.39 is 17.2 Å². The van der Waals surface area contributed by atoms with Crippen molar-refractivity contribution in [1.29, 1.82) is 0 Å². The summed E-state index contributed by atoms with van der Waals surface area (Å²) in [6.45, 7) is 0. The molecule has 3 aromatic rings. The van der Waals surface area contributed by atoms with Crippen molar-refractivity contribution in [1.82, 2.24) is 14.5 Å². The van der Waals surface area contributed by atoms with Gasteiger partial charge >= 0.3 is 5.69 Å². The number of nitrogens with zero attached hydrogens (tertiary/aromatic N) is 2. The van der Waals surface area contributed by atoms with Gasteiger partial charge in [0.05, 0.1) is 18.1 Å². The molecule has 0 atom stereocenters. The number of fused-ring (bicyclic) bond motifs is 1. The van der Waals surface area contributed by atoms with Gasteiger partial charge in [-0.3, -0.25) is 19.1 Å². The van der Waals surface area contributed by atoms with Crippen LogP contribution in [0.2, 0.25) is 0 Å². The molecule has 1 amide bonds. The predicted molar refractivity (Wildman–Crippen MR) is 95.8 cm³/mol. The van der Waals surface area contributed by atoms with E-state index in [0.717, 1.165) is 12.8 Å². The smallest absolute Gasteiger partial charge is 0.330 e. The molecule has 132 valence electrons. The molecule has 2 aromatic heterocycles. The summed E-state index contributed by atoms with van der Waals surface area (Å²) in [5.41, 5.74) is 0.0776. The zero-order chi connectivity index (χ0) is 18.3. The predicted octanol–water partition coefficient (Wildman–Crippen LogP) is 1.68. The van der Waals surface area contributed by atoms with Crippen LogP contribution >= 0.6 is 0 Å². The average Bonchev–Trinajstić information content (AvgIpc) is 3.46. The summed E-state index contributed by atoms with van der Waals surface area (Å²) in [7, 11) is 1.54. The number of pyridine rings is 1. The van der Waals surface area contributed by atoms with Crippen LogP contribution in [0.1, 0.15) is 29.2 Å². The lowest BCUT2D eigenvalue weighted by Crippen LogP contribution is -2.30. The molecular weight excluding hydrogens is 336 g/mol. The molecule has 4 rings (SSSR count). The number of nitrogens with one attached hydrogen (secondary N) is 2. The van der Waals surface area contributed by atoms with Crippen LogP contribution in [0.5, 0.6) is 5.75 Å². The van der Waals surface area contributed by atoms with Crippen LogP contribution in [-0.4, -0.2) is 27.6 Å². The highest BCUT2D eigenvalue weighted by Crippen LogP contribution is 2.34. The largest absolute Gasteiger partial charge is 0.497 e. The van der Waals surface area contributed by atoms with E-state index in [0.29, 0.717) is 17.1 Å². The molecular formula is C18H16N4O4. The third-order valence-corrected chi connectivity index (χ3v) is 4.28. The van der Waals surface area contributed by atoms with Gasteiger partial charge < -0.3 is 10.1 Å². The number of hydrogen-bond donors (Lipinski definition) is 2. The van der Waals surface area contributed by atoms with Gasteiger partial charge in [-0.05, 0) is 31.0 Å². The van der Waals surface area contributed by atoms with Gasteiger partial charge in [0.2, 0.25) is 0 Å². The number of carbonyl (C=O) groups is 1. The molecule has 8 nitrogen and oxygen atoms in total. The second kappa shape index (κ2) is 6.14. The first-order valence-electron chi connectivity index (χ1n) is 8.17. The lowest BCUT2D eigenvalue weighted by Gasteiger charge is -2.09. The molecule has 1 aromatic carbocycles. The van der Waals surface area contributed by atoms with E-state index in [4.69, 9.17) is 4.74 Å². The molecule has 8 heteroatoms.